The lowest BCUT2D eigenvalue weighted by Gasteiger charge is -2.39. The number of morpholine rings is 1. The minimum Gasteiger partial charge on any atom is -0.378 e. The summed E-state index contributed by atoms with van der Waals surface area (Å²) in [5.41, 5.74) is -1.03. The fraction of sp³-hybridized carbons (Fsp3) is 0.474. The minimum atomic E-state index is -4.72. The smallest absolute Gasteiger partial charge is 0.378 e. The van der Waals surface area contributed by atoms with Gasteiger partial charge in [-0.15, -0.1) is 0 Å². The second-order valence-electron chi connectivity index (χ2n) is 7.31. The van der Waals surface area contributed by atoms with E-state index in [9.17, 15) is 31.1 Å². The topological polar surface area (TPSA) is 50.6 Å². The molecule has 0 amide bonds. The van der Waals surface area contributed by atoms with Crippen molar-refractivity contribution in [3.05, 3.63) is 51.6 Å². The van der Waals surface area contributed by atoms with Crippen LogP contribution in [0.15, 0.2) is 23.0 Å². The molecule has 3 heterocycles. The molecule has 0 N–H and O–H groups in total. The first-order chi connectivity index (χ1) is 14.7. The molecule has 4 rings (SSSR count). The average molecular weight is 448 g/mol. The molecule has 1 aromatic carbocycles. The Morgan fingerprint density at radius 3 is 2.45 bits per heavy atom. The van der Waals surface area contributed by atoms with Gasteiger partial charge in [-0.05, 0) is 12.5 Å². The maximum Gasteiger partial charge on any atom is 0.408 e. The Bertz CT molecular complexity index is 1040. The molecule has 0 saturated carbocycles. The van der Waals surface area contributed by atoms with Crippen molar-refractivity contribution in [1.82, 2.24) is 9.55 Å². The molecular formula is C19H18F6N4O2. The van der Waals surface area contributed by atoms with Gasteiger partial charge in [0.05, 0.1) is 13.2 Å². The summed E-state index contributed by atoms with van der Waals surface area (Å²) in [6.07, 6.45) is -5.19. The molecule has 168 valence electrons. The van der Waals surface area contributed by atoms with E-state index in [0.29, 0.717) is 32.4 Å². The lowest BCUT2D eigenvalue weighted by molar-refractivity contribution is -0.153. The van der Waals surface area contributed by atoms with Gasteiger partial charge in [-0.1, -0.05) is 6.07 Å². The van der Waals surface area contributed by atoms with Crippen LogP contribution in [0.4, 0.5) is 38.1 Å². The summed E-state index contributed by atoms with van der Waals surface area (Å²) in [7, 11) is 0. The number of rotatable bonds is 3. The summed E-state index contributed by atoms with van der Waals surface area (Å²) >= 11 is 0. The third-order valence-electron chi connectivity index (χ3n) is 5.40. The van der Waals surface area contributed by atoms with Crippen molar-refractivity contribution >= 4 is 11.8 Å². The number of halogens is 6. The fourth-order valence-electron chi connectivity index (χ4n) is 3.81. The van der Waals surface area contributed by atoms with E-state index in [0.717, 1.165) is 15.5 Å². The highest BCUT2D eigenvalue weighted by atomic mass is 19.4. The molecule has 6 nitrogen and oxygen atoms in total. The van der Waals surface area contributed by atoms with Crippen molar-refractivity contribution in [3.63, 3.8) is 0 Å². The van der Waals surface area contributed by atoms with Crippen molar-refractivity contribution < 1.29 is 31.1 Å². The number of nitrogens with zero attached hydrogens (tertiary/aromatic N) is 4. The van der Waals surface area contributed by atoms with Crippen LogP contribution in [-0.2, 0) is 17.8 Å². The Balaban J connectivity index is 1.80. The molecule has 31 heavy (non-hydrogen) atoms. The molecule has 2 aromatic rings. The van der Waals surface area contributed by atoms with E-state index in [1.807, 2.05) is 0 Å². The van der Waals surface area contributed by atoms with E-state index in [4.69, 9.17) is 4.74 Å². The predicted molar refractivity (Wildman–Crippen MR) is 98.5 cm³/mol. The van der Waals surface area contributed by atoms with Crippen molar-refractivity contribution in [2.75, 3.05) is 36.1 Å². The number of ether oxygens (including phenoxy) is 1. The third-order valence-corrected chi connectivity index (χ3v) is 5.40. The van der Waals surface area contributed by atoms with Gasteiger partial charge >= 0.3 is 6.18 Å². The SMILES string of the molecule is O=c1cc(N2CCOCC2)nc2n1CC[C@@H](C(F)(F)F)N2Cc1ccc(F)c(F)c1F. The van der Waals surface area contributed by atoms with Crippen LogP contribution in [0.25, 0.3) is 0 Å². The summed E-state index contributed by atoms with van der Waals surface area (Å²) in [6.45, 7) is 0.564. The molecule has 2 aliphatic rings. The Hall–Kier alpha value is -2.76. The van der Waals surface area contributed by atoms with Crippen LogP contribution in [-0.4, -0.2) is 48.1 Å². The maximum absolute atomic E-state index is 14.2. The van der Waals surface area contributed by atoms with Gasteiger partial charge in [0.15, 0.2) is 17.5 Å². The number of aromatic nitrogens is 2. The van der Waals surface area contributed by atoms with E-state index < -0.39 is 53.8 Å². The first-order valence-corrected chi connectivity index (χ1v) is 9.57. The van der Waals surface area contributed by atoms with Crippen molar-refractivity contribution in [1.29, 1.82) is 0 Å². The minimum absolute atomic E-state index is 0.179. The first-order valence-electron chi connectivity index (χ1n) is 9.57. The van der Waals surface area contributed by atoms with Crippen LogP contribution >= 0.6 is 0 Å². The van der Waals surface area contributed by atoms with Gasteiger partial charge in [0.1, 0.15) is 11.9 Å². The largest absolute Gasteiger partial charge is 0.408 e. The first kappa shape index (κ1) is 21.5. The molecule has 0 unspecified atom stereocenters. The average Bonchev–Trinajstić information content (AvgIpc) is 2.74. The lowest BCUT2D eigenvalue weighted by atomic mass is 10.1. The standard InChI is InChI=1S/C19H18F6N4O2/c20-12-2-1-11(16(21)17(12)22)10-29-13(19(23,24)25)3-4-28-15(30)9-14(26-18(28)29)27-5-7-31-8-6-27/h1-2,9,13H,3-8,10H2/t13-/m0/s1. The highest BCUT2D eigenvalue weighted by molar-refractivity contribution is 5.47. The van der Waals surface area contributed by atoms with E-state index in [1.54, 1.807) is 4.90 Å². The molecule has 1 fully saturated rings. The maximum atomic E-state index is 14.2. The van der Waals surface area contributed by atoms with Gasteiger partial charge in [-0.25, -0.2) is 13.2 Å². The van der Waals surface area contributed by atoms with Gasteiger partial charge in [0, 0.05) is 37.8 Å². The predicted octanol–water partition coefficient (Wildman–Crippen LogP) is 2.84. The van der Waals surface area contributed by atoms with Crippen molar-refractivity contribution in [2.24, 2.45) is 0 Å². The lowest BCUT2D eigenvalue weighted by Crippen LogP contribution is -2.52. The van der Waals surface area contributed by atoms with Gasteiger partial charge < -0.3 is 14.5 Å². The van der Waals surface area contributed by atoms with Gasteiger partial charge in [-0.3, -0.25) is 9.36 Å². The molecule has 0 aliphatic carbocycles. The van der Waals surface area contributed by atoms with E-state index >= 15 is 0 Å². The second kappa shape index (κ2) is 8.06. The zero-order chi connectivity index (χ0) is 22.3. The molecule has 1 aromatic heterocycles. The molecule has 0 radical (unpaired) electrons. The summed E-state index contributed by atoms with van der Waals surface area (Å²) in [4.78, 5) is 19.3. The normalized spacial score (nSPS) is 19.5. The Kier molecular flexibility index (Phi) is 5.58. The Morgan fingerprint density at radius 2 is 1.77 bits per heavy atom. The molecule has 0 spiro atoms. The molecule has 0 bridgehead atoms. The van der Waals surface area contributed by atoms with Gasteiger partial charge in [0.25, 0.3) is 5.56 Å². The molecule has 1 saturated heterocycles. The molecule has 2 aliphatic heterocycles. The quantitative estimate of drug-likeness (QED) is 0.534. The third kappa shape index (κ3) is 4.08. The Labute approximate surface area is 172 Å². The number of fused-ring (bicyclic) bond motifs is 1. The van der Waals surface area contributed by atoms with Gasteiger partial charge in [0.2, 0.25) is 5.95 Å². The van der Waals surface area contributed by atoms with Crippen LogP contribution in [0.1, 0.15) is 12.0 Å². The number of hydrogen-bond acceptors (Lipinski definition) is 5. The van der Waals surface area contributed by atoms with Crippen molar-refractivity contribution in [3.8, 4) is 0 Å². The van der Waals surface area contributed by atoms with E-state index in [-0.39, 0.29) is 18.3 Å². The fourth-order valence-corrected chi connectivity index (χ4v) is 3.81. The van der Waals surface area contributed by atoms with Crippen molar-refractivity contribution in [2.45, 2.75) is 31.7 Å². The number of alkyl halides is 3. The highest BCUT2D eigenvalue weighted by Gasteiger charge is 2.47. The number of benzene rings is 1. The van der Waals surface area contributed by atoms with Crippen LogP contribution in [0, 0.1) is 17.5 Å². The van der Waals surface area contributed by atoms with Gasteiger partial charge in [-0.2, -0.15) is 18.2 Å². The molecule has 12 heteroatoms. The van der Waals surface area contributed by atoms with E-state index in [1.165, 1.54) is 6.07 Å². The Morgan fingerprint density at radius 1 is 1.06 bits per heavy atom. The zero-order valence-corrected chi connectivity index (χ0v) is 16.1. The molecule has 1 atom stereocenters. The second-order valence-corrected chi connectivity index (χ2v) is 7.31. The number of anilines is 2. The summed E-state index contributed by atoms with van der Waals surface area (Å²) < 4.78 is 88.8. The summed E-state index contributed by atoms with van der Waals surface area (Å²) in [5.74, 6) is -4.92. The summed E-state index contributed by atoms with van der Waals surface area (Å²) in [5, 5.41) is 0. The molecular weight excluding hydrogens is 430 g/mol. The van der Waals surface area contributed by atoms with Crippen LogP contribution in [0.3, 0.4) is 0 Å². The number of hydrogen-bond donors (Lipinski definition) is 0. The highest BCUT2D eigenvalue weighted by Crippen LogP contribution is 2.35. The van der Waals surface area contributed by atoms with E-state index in [2.05, 4.69) is 4.98 Å². The van der Waals surface area contributed by atoms with Crippen LogP contribution in [0.2, 0.25) is 0 Å². The monoisotopic (exact) mass is 448 g/mol. The van der Waals surface area contributed by atoms with Crippen LogP contribution < -0.4 is 15.4 Å². The van der Waals surface area contributed by atoms with Crippen LogP contribution in [0.5, 0.6) is 0 Å². The zero-order valence-electron chi connectivity index (χ0n) is 16.1. The summed E-state index contributed by atoms with van der Waals surface area (Å²) in [6, 6.07) is 0.681.